The maximum Gasteiger partial charge on any atom is 0.182 e. The van der Waals surface area contributed by atoms with Gasteiger partial charge in [0.05, 0.1) is 25.6 Å². The van der Waals surface area contributed by atoms with Gasteiger partial charge in [0.1, 0.15) is 11.8 Å². The van der Waals surface area contributed by atoms with Crippen LogP contribution in [-0.4, -0.2) is 66.5 Å². The molecule has 0 bridgehead atoms. The van der Waals surface area contributed by atoms with Crippen molar-refractivity contribution < 1.29 is 10.2 Å². The van der Waals surface area contributed by atoms with Gasteiger partial charge in [0, 0.05) is 19.1 Å². The third kappa shape index (κ3) is 3.66. The van der Waals surface area contributed by atoms with Crippen molar-refractivity contribution in [1.29, 1.82) is 0 Å². The monoisotopic (exact) mass is 294 g/mol. The summed E-state index contributed by atoms with van der Waals surface area (Å²) in [5.74, 6) is 0.348. The number of aliphatic hydroxyl groups is 2. The average Bonchev–Trinajstić information content (AvgIpc) is 2.82. The van der Waals surface area contributed by atoms with Crippen LogP contribution in [0.2, 0.25) is 0 Å². The van der Waals surface area contributed by atoms with Gasteiger partial charge >= 0.3 is 0 Å². The molecule has 116 valence electrons. The van der Waals surface area contributed by atoms with Crippen molar-refractivity contribution in [2.45, 2.75) is 32.5 Å². The number of fused-ring (bicyclic) bond motifs is 1. The first kappa shape index (κ1) is 15.6. The molecule has 0 aliphatic heterocycles. The summed E-state index contributed by atoms with van der Waals surface area (Å²) in [6.07, 6.45) is 2.37. The van der Waals surface area contributed by atoms with Gasteiger partial charge in [0.15, 0.2) is 11.5 Å². The quantitative estimate of drug-likeness (QED) is 0.629. The van der Waals surface area contributed by atoms with Crippen LogP contribution in [0.15, 0.2) is 12.7 Å². The number of nitrogen functional groups attached to an aromatic ring is 1. The number of imidazole rings is 1. The van der Waals surface area contributed by atoms with Crippen molar-refractivity contribution in [1.82, 2.24) is 24.4 Å². The topological polar surface area (TPSA) is 113 Å². The van der Waals surface area contributed by atoms with Gasteiger partial charge in [-0.25, -0.2) is 15.0 Å². The van der Waals surface area contributed by atoms with E-state index in [1.165, 1.54) is 6.33 Å². The molecule has 0 radical (unpaired) electrons. The second kappa shape index (κ2) is 6.79. The van der Waals surface area contributed by atoms with E-state index in [0.29, 0.717) is 36.6 Å². The molecular weight excluding hydrogens is 272 g/mol. The third-order valence-electron chi connectivity index (χ3n) is 3.41. The van der Waals surface area contributed by atoms with E-state index >= 15 is 0 Å². The molecule has 1 unspecified atom stereocenters. The molecule has 0 spiro atoms. The first-order chi connectivity index (χ1) is 10.0. The zero-order valence-electron chi connectivity index (χ0n) is 12.3. The van der Waals surface area contributed by atoms with Crippen LogP contribution in [0.3, 0.4) is 0 Å². The van der Waals surface area contributed by atoms with Gasteiger partial charge in [0.2, 0.25) is 0 Å². The molecule has 2 aromatic heterocycles. The van der Waals surface area contributed by atoms with Crippen LogP contribution in [0.5, 0.6) is 0 Å². The Labute approximate surface area is 123 Å². The summed E-state index contributed by atoms with van der Waals surface area (Å²) in [6.45, 7) is 5.47. The average molecular weight is 294 g/mol. The molecule has 1 atom stereocenters. The number of nitrogens with zero attached hydrogens (tertiary/aromatic N) is 5. The number of aliphatic hydroxyl groups excluding tert-OH is 2. The first-order valence-electron chi connectivity index (χ1n) is 6.97. The van der Waals surface area contributed by atoms with E-state index in [2.05, 4.69) is 15.0 Å². The summed E-state index contributed by atoms with van der Waals surface area (Å²) in [7, 11) is 0. The fourth-order valence-electron chi connectivity index (χ4n) is 2.32. The summed E-state index contributed by atoms with van der Waals surface area (Å²) in [5, 5.41) is 19.3. The highest BCUT2D eigenvalue weighted by Crippen LogP contribution is 2.15. The lowest BCUT2D eigenvalue weighted by molar-refractivity contribution is 0.0725. The molecule has 0 saturated carbocycles. The molecule has 2 aromatic rings. The fourth-order valence-corrected chi connectivity index (χ4v) is 2.32. The van der Waals surface area contributed by atoms with Gasteiger partial charge in [-0.15, -0.1) is 0 Å². The molecule has 0 aliphatic rings. The second-order valence-electron chi connectivity index (χ2n) is 5.29. The van der Waals surface area contributed by atoms with Gasteiger partial charge in [-0.05, 0) is 13.8 Å². The predicted molar refractivity (Wildman–Crippen MR) is 79.5 cm³/mol. The predicted octanol–water partition coefficient (Wildman–Crippen LogP) is -0.528. The molecule has 4 N–H and O–H groups in total. The Morgan fingerprint density at radius 2 is 2.10 bits per heavy atom. The minimum atomic E-state index is -0.601. The third-order valence-corrected chi connectivity index (χ3v) is 3.41. The van der Waals surface area contributed by atoms with Crippen LogP contribution in [0.1, 0.15) is 13.8 Å². The van der Waals surface area contributed by atoms with Crippen molar-refractivity contribution in [3.05, 3.63) is 12.7 Å². The maximum absolute atomic E-state index is 10.3. The molecule has 2 heterocycles. The standard InChI is InChI=1S/C13H22N6O2/c1-9(2)18(3-4-20)5-10(21)6-19-8-17-13-11(19)12(14)15-7-16-13/h7-10,20-21H,3-6H2,1-2H3,(H2,14,15,16). The molecule has 0 amide bonds. The summed E-state index contributed by atoms with van der Waals surface area (Å²) in [5.41, 5.74) is 6.99. The lowest BCUT2D eigenvalue weighted by atomic mass is 10.2. The summed E-state index contributed by atoms with van der Waals surface area (Å²) in [6, 6.07) is 0.250. The zero-order valence-corrected chi connectivity index (χ0v) is 12.3. The van der Waals surface area contributed by atoms with Crippen molar-refractivity contribution >= 4 is 17.0 Å². The molecule has 0 aliphatic carbocycles. The Morgan fingerprint density at radius 1 is 1.33 bits per heavy atom. The second-order valence-corrected chi connectivity index (χ2v) is 5.29. The van der Waals surface area contributed by atoms with E-state index < -0.39 is 6.10 Å². The molecule has 8 heteroatoms. The van der Waals surface area contributed by atoms with Gasteiger partial charge in [-0.3, -0.25) is 4.90 Å². The number of anilines is 1. The molecular formula is C13H22N6O2. The van der Waals surface area contributed by atoms with E-state index in [1.807, 2.05) is 18.7 Å². The van der Waals surface area contributed by atoms with Crippen LogP contribution in [-0.2, 0) is 6.54 Å². The maximum atomic E-state index is 10.3. The number of aromatic nitrogens is 4. The Kier molecular flexibility index (Phi) is 5.05. The number of rotatable bonds is 7. The molecule has 0 saturated heterocycles. The Bertz CT molecular complexity index is 585. The molecule has 0 fully saturated rings. The first-order valence-corrected chi connectivity index (χ1v) is 6.97. The largest absolute Gasteiger partial charge is 0.395 e. The number of hydrogen-bond acceptors (Lipinski definition) is 7. The van der Waals surface area contributed by atoms with Crippen molar-refractivity contribution in [3.8, 4) is 0 Å². The minimum Gasteiger partial charge on any atom is -0.395 e. The fraction of sp³-hybridized carbons (Fsp3) is 0.615. The SMILES string of the molecule is CC(C)N(CCO)CC(O)Cn1cnc2ncnc(N)c21. The lowest BCUT2D eigenvalue weighted by Gasteiger charge is -2.28. The van der Waals surface area contributed by atoms with Crippen LogP contribution < -0.4 is 5.73 Å². The summed E-state index contributed by atoms with van der Waals surface area (Å²) < 4.78 is 1.76. The highest BCUT2D eigenvalue weighted by Gasteiger charge is 2.16. The van der Waals surface area contributed by atoms with Crippen LogP contribution in [0.25, 0.3) is 11.2 Å². The number of nitrogens with two attached hydrogens (primary N) is 1. The van der Waals surface area contributed by atoms with Gasteiger partial charge < -0.3 is 20.5 Å². The smallest absolute Gasteiger partial charge is 0.182 e. The number of hydrogen-bond donors (Lipinski definition) is 3. The van der Waals surface area contributed by atoms with E-state index in [0.717, 1.165) is 0 Å². The highest BCUT2D eigenvalue weighted by molar-refractivity contribution is 5.81. The van der Waals surface area contributed by atoms with Crippen LogP contribution in [0.4, 0.5) is 5.82 Å². The zero-order chi connectivity index (χ0) is 15.4. The molecule has 2 rings (SSSR count). The van der Waals surface area contributed by atoms with Crippen molar-refractivity contribution in [2.24, 2.45) is 0 Å². The van der Waals surface area contributed by atoms with E-state index in [1.54, 1.807) is 10.9 Å². The van der Waals surface area contributed by atoms with Crippen LogP contribution >= 0.6 is 0 Å². The Hall–Kier alpha value is -1.77. The summed E-state index contributed by atoms with van der Waals surface area (Å²) in [4.78, 5) is 14.2. The van der Waals surface area contributed by atoms with E-state index in [-0.39, 0.29) is 12.6 Å². The van der Waals surface area contributed by atoms with Gasteiger partial charge in [0.25, 0.3) is 0 Å². The lowest BCUT2D eigenvalue weighted by Crippen LogP contribution is -2.40. The van der Waals surface area contributed by atoms with Gasteiger partial charge in [-0.1, -0.05) is 0 Å². The minimum absolute atomic E-state index is 0.0691. The van der Waals surface area contributed by atoms with Crippen molar-refractivity contribution in [3.63, 3.8) is 0 Å². The van der Waals surface area contributed by atoms with E-state index in [4.69, 9.17) is 10.8 Å². The Balaban J connectivity index is 2.09. The highest BCUT2D eigenvalue weighted by atomic mass is 16.3. The normalized spacial score (nSPS) is 13.4. The van der Waals surface area contributed by atoms with E-state index in [9.17, 15) is 5.11 Å². The molecule has 8 nitrogen and oxygen atoms in total. The Morgan fingerprint density at radius 3 is 2.76 bits per heavy atom. The van der Waals surface area contributed by atoms with Crippen molar-refractivity contribution in [2.75, 3.05) is 25.4 Å². The summed E-state index contributed by atoms with van der Waals surface area (Å²) >= 11 is 0. The molecule has 21 heavy (non-hydrogen) atoms. The van der Waals surface area contributed by atoms with Gasteiger partial charge in [-0.2, -0.15) is 0 Å². The molecule has 0 aromatic carbocycles. The van der Waals surface area contributed by atoms with Crippen LogP contribution in [0, 0.1) is 0 Å².